The molecule has 0 N–H and O–H groups in total. The van der Waals surface area contributed by atoms with Crippen LogP contribution < -0.4 is 9.47 Å². The Hall–Kier alpha value is -2.22. The van der Waals surface area contributed by atoms with Crippen molar-refractivity contribution in [3.8, 4) is 11.5 Å². The minimum atomic E-state index is 0.903. The van der Waals surface area contributed by atoms with Gasteiger partial charge in [0.25, 0.3) is 0 Å². The molecule has 3 rings (SSSR count). The molecule has 0 atom stereocenters. The van der Waals surface area contributed by atoms with Crippen molar-refractivity contribution in [3.63, 3.8) is 0 Å². The van der Waals surface area contributed by atoms with Gasteiger partial charge in [-0.2, -0.15) is 0 Å². The van der Waals surface area contributed by atoms with E-state index in [4.69, 9.17) is 9.47 Å². The van der Waals surface area contributed by atoms with Crippen LogP contribution in [0.2, 0.25) is 0 Å². The van der Waals surface area contributed by atoms with Crippen LogP contribution in [0.25, 0.3) is 11.6 Å². The molecule has 102 valence electrons. The van der Waals surface area contributed by atoms with Crippen molar-refractivity contribution in [2.24, 2.45) is 0 Å². The lowest BCUT2D eigenvalue weighted by Gasteiger charge is -2.18. The highest BCUT2D eigenvalue weighted by molar-refractivity contribution is 5.85. The predicted octanol–water partition coefficient (Wildman–Crippen LogP) is 4.19. The van der Waals surface area contributed by atoms with Gasteiger partial charge in [0.1, 0.15) is 11.5 Å². The van der Waals surface area contributed by atoms with Gasteiger partial charge >= 0.3 is 0 Å². The van der Waals surface area contributed by atoms with E-state index in [9.17, 15) is 0 Å². The number of hydrogen-bond donors (Lipinski definition) is 0. The van der Waals surface area contributed by atoms with Crippen LogP contribution in [0.5, 0.6) is 11.5 Å². The fraction of sp³-hybridized carbons (Fsp3) is 0.222. The minimum Gasteiger partial charge on any atom is -0.497 e. The van der Waals surface area contributed by atoms with Gasteiger partial charge in [0, 0.05) is 0 Å². The third kappa shape index (κ3) is 2.42. The summed E-state index contributed by atoms with van der Waals surface area (Å²) >= 11 is 0. The van der Waals surface area contributed by atoms with E-state index >= 15 is 0 Å². The van der Waals surface area contributed by atoms with Crippen molar-refractivity contribution in [2.75, 3.05) is 14.2 Å². The molecule has 0 saturated carbocycles. The molecule has 0 bridgehead atoms. The lowest BCUT2D eigenvalue weighted by molar-refractivity contribution is 0.414. The van der Waals surface area contributed by atoms with E-state index in [1.54, 1.807) is 14.2 Å². The van der Waals surface area contributed by atoms with Crippen molar-refractivity contribution in [1.29, 1.82) is 0 Å². The first-order chi connectivity index (χ1) is 9.80. The Labute approximate surface area is 119 Å². The van der Waals surface area contributed by atoms with E-state index < -0.39 is 0 Å². The Morgan fingerprint density at radius 3 is 2.45 bits per heavy atom. The molecule has 0 aromatic heterocycles. The summed E-state index contributed by atoms with van der Waals surface area (Å²) in [6.07, 6.45) is 4.39. The maximum Gasteiger partial charge on any atom is 0.119 e. The molecule has 0 heterocycles. The highest BCUT2D eigenvalue weighted by Crippen LogP contribution is 2.33. The highest BCUT2D eigenvalue weighted by atomic mass is 16.5. The zero-order valence-corrected chi connectivity index (χ0v) is 11.8. The van der Waals surface area contributed by atoms with Gasteiger partial charge in [-0.05, 0) is 59.4 Å². The number of aryl methyl sites for hydroxylation is 1. The number of hydrogen-bond acceptors (Lipinski definition) is 2. The monoisotopic (exact) mass is 266 g/mol. The summed E-state index contributed by atoms with van der Waals surface area (Å²) in [6.45, 7) is 0. The van der Waals surface area contributed by atoms with Gasteiger partial charge < -0.3 is 9.47 Å². The molecule has 2 nitrogen and oxygen atoms in total. The van der Waals surface area contributed by atoms with E-state index in [1.807, 2.05) is 18.2 Å². The summed E-state index contributed by atoms with van der Waals surface area (Å²) in [6, 6.07) is 14.5. The Morgan fingerprint density at radius 2 is 1.65 bits per heavy atom. The quantitative estimate of drug-likeness (QED) is 0.829. The van der Waals surface area contributed by atoms with Crippen LogP contribution in [0, 0.1) is 0 Å². The summed E-state index contributed by atoms with van der Waals surface area (Å²) in [5.41, 5.74) is 5.23. The van der Waals surface area contributed by atoms with Crippen molar-refractivity contribution >= 4 is 11.6 Å². The third-order valence-corrected chi connectivity index (χ3v) is 3.79. The van der Waals surface area contributed by atoms with Gasteiger partial charge in [-0.1, -0.05) is 24.3 Å². The van der Waals surface area contributed by atoms with Crippen molar-refractivity contribution in [3.05, 3.63) is 59.2 Å². The number of fused-ring (bicyclic) bond motifs is 1. The van der Waals surface area contributed by atoms with Crippen LogP contribution in [-0.2, 0) is 6.42 Å². The number of methoxy groups -OCH3 is 2. The molecule has 0 unspecified atom stereocenters. The van der Waals surface area contributed by atoms with Gasteiger partial charge in [0.2, 0.25) is 0 Å². The molecular formula is C18H18O2. The first kappa shape index (κ1) is 12.8. The van der Waals surface area contributed by atoms with Crippen molar-refractivity contribution in [2.45, 2.75) is 12.8 Å². The summed E-state index contributed by atoms with van der Waals surface area (Å²) in [5, 5.41) is 0. The molecule has 1 aliphatic carbocycles. The van der Waals surface area contributed by atoms with Crippen LogP contribution in [0.4, 0.5) is 0 Å². The average Bonchev–Trinajstić information content (AvgIpc) is 2.53. The SMILES string of the molecule is COc1cccc(C2=Cc3cc(OC)ccc3CC2)c1. The number of rotatable bonds is 3. The van der Waals surface area contributed by atoms with E-state index in [-0.39, 0.29) is 0 Å². The maximum atomic E-state index is 5.31. The summed E-state index contributed by atoms with van der Waals surface area (Å²) < 4.78 is 10.6. The van der Waals surface area contributed by atoms with Crippen LogP contribution in [0.1, 0.15) is 23.1 Å². The topological polar surface area (TPSA) is 18.5 Å². The van der Waals surface area contributed by atoms with Gasteiger partial charge in [-0.3, -0.25) is 0 Å². The van der Waals surface area contributed by atoms with E-state index in [0.717, 1.165) is 24.3 Å². The summed E-state index contributed by atoms with van der Waals surface area (Å²) in [7, 11) is 3.41. The first-order valence-corrected chi connectivity index (χ1v) is 6.82. The van der Waals surface area contributed by atoms with Crippen molar-refractivity contribution in [1.82, 2.24) is 0 Å². The Morgan fingerprint density at radius 1 is 0.850 bits per heavy atom. The Balaban J connectivity index is 2.00. The summed E-state index contributed by atoms with van der Waals surface area (Å²) in [5.74, 6) is 1.81. The molecule has 0 spiro atoms. The minimum absolute atomic E-state index is 0.903. The number of benzene rings is 2. The standard InChI is InChI=1S/C18H18O2/c1-19-17-5-3-4-14(11-17)15-7-6-13-8-9-18(20-2)12-16(13)10-15/h3-5,8-12H,6-7H2,1-2H3. The highest BCUT2D eigenvalue weighted by Gasteiger charge is 2.13. The largest absolute Gasteiger partial charge is 0.497 e. The molecule has 0 aliphatic heterocycles. The van der Waals surface area contributed by atoms with E-state index in [0.29, 0.717) is 0 Å². The van der Waals surface area contributed by atoms with E-state index in [2.05, 4.69) is 30.3 Å². The normalized spacial score (nSPS) is 13.4. The summed E-state index contributed by atoms with van der Waals surface area (Å²) in [4.78, 5) is 0. The lowest BCUT2D eigenvalue weighted by Crippen LogP contribution is -2.00. The van der Waals surface area contributed by atoms with Gasteiger partial charge in [0.15, 0.2) is 0 Å². The van der Waals surface area contributed by atoms with E-state index in [1.165, 1.54) is 22.3 Å². The van der Waals surface area contributed by atoms with Gasteiger partial charge in [0.05, 0.1) is 14.2 Å². The molecule has 0 saturated heterocycles. The second-order valence-electron chi connectivity index (χ2n) is 4.97. The molecule has 1 aliphatic rings. The van der Waals surface area contributed by atoms with Crippen LogP contribution in [-0.4, -0.2) is 14.2 Å². The Bertz CT molecular complexity index is 656. The molecule has 20 heavy (non-hydrogen) atoms. The first-order valence-electron chi connectivity index (χ1n) is 6.82. The second-order valence-corrected chi connectivity index (χ2v) is 4.97. The average molecular weight is 266 g/mol. The smallest absolute Gasteiger partial charge is 0.119 e. The van der Waals surface area contributed by atoms with Crippen molar-refractivity contribution < 1.29 is 9.47 Å². The molecule has 2 heteroatoms. The molecule has 2 aromatic rings. The Kier molecular flexibility index (Phi) is 3.46. The van der Waals surface area contributed by atoms with Crippen LogP contribution in [0.3, 0.4) is 0 Å². The third-order valence-electron chi connectivity index (χ3n) is 3.79. The molecule has 0 amide bonds. The molecule has 0 fully saturated rings. The predicted molar refractivity (Wildman–Crippen MR) is 82.2 cm³/mol. The maximum absolute atomic E-state index is 5.31. The number of allylic oxidation sites excluding steroid dienone is 1. The van der Waals surface area contributed by atoms with Gasteiger partial charge in [-0.25, -0.2) is 0 Å². The fourth-order valence-electron chi connectivity index (χ4n) is 2.64. The number of ether oxygens (including phenoxy) is 2. The molecule has 0 radical (unpaired) electrons. The lowest BCUT2D eigenvalue weighted by atomic mass is 9.88. The zero-order valence-electron chi connectivity index (χ0n) is 11.8. The molecular weight excluding hydrogens is 248 g/mol. The van der Waals surface area contributed by atoms with Gasteiger partial charge in [-0.15, -0.1) is 0 Å². The van der Waals surface area contributed by atoms with Crippen LogP contribution >= 0.6 is 0 Å². The van der Waals surface area contributed by atoms with Crippen LogP contribution in [0.15, 0.2) is 42.5 Å². The zero-order chi connectivity index (χ0) is 13.9. The second kappa shape index (κ2) is 5.41. The molecule has 2 aromatic carbocycles. The fourth-order valence-corrected chi connectivity index (χ4v) is 2.64.